The second kappa shape index (κ2) is 6.03. The molecule has 0 aliphatic carbocycles. The van der Waals surface area contributed by atoms with Gasteiger partial charge < -0.3 is 4.74 Å². The lowest BCUT2D eigenvalue weighted by Gasteiger charge is -2.12. The molecular formula is C13H8Cl4O. The molecule has 0 unspecified atom stereocenters. The second-order valence-corrected chi connectivity index (χ2v) is 5.05. The summed E-state index contributed by atoms with van der Waals surface area (Å²) in [5, 5.41) is 1.55. The Kier molecular flexibility index (Phi) is 4.63. The van der Waals surface area contributed by atoms with Gasteiger partial charge in [-0.3, -0.25) is 0 Å². The standard InChI is InChI=1S/C13H8Cl4O/c14-7-9-10(16)2-1-3-12(9)18-13-5-4-8(15)6-11(13)17/h1-6H,7H2. The van der Waals surface area contributed by atoms with Gasteiger partial charge in [0.1, 0.15) is 11.5 Å². The van der Waals surface area contributed by atoms with Crippen LogP contribution in [0.3, 0.4) is 0 Å². The molecule has 1 nitrogen and oxygen atoms in total. The van der Waals surface area contributed by atoms with Crippen molar-refractivity contribution in [2.24, 2.45) is 0 Å². The van der Waals surface area contributed by atoms with E-state index in [0.717, 1.165) is 5.56 Å². The summed E-state index contributed by atoms with van der Waals surface area (Å²) in [5.41, 5.74) is 0.729. The maximum atomic E-state index is 6.04. The van der Waals surface area contributed by atoms with Crippen molar-refractivity contribution in [2.45, 2.75) is 5.88 Å². The Morgan fingerprint density at radius 1 is 0.889 bits per heavy atom. The summed E-state index contributed by atoms with van der Waals surface area (Å²) < 4.78 is 5.71. The first-order chi connectivity index (χ1) is 8.61. The SMILES string of the molecule is ClCc1c(Cl)cccc1Oc1ccc(Cl)cc1Cl. The van der Waals surface area contributed by atoms with Crippen LogP contribution in [0.15, 0.2) is 36.4 Å². The van der Waals surface area contributed by atoms with E-state index in [2.05, 4.69) is 0 Å². The molecule has 0 aliphatic heterocycles. The van der Waals surface area contributed by atoms with E-state index in [1.165, 1.54) is 0 Å². The predicted molar refractivity (Wildman–Crippen MR) is 77.5 cm³/mol. The minimum absolute atomic E-state index is 0.264. The second-order valence-electron chi connectivity index (χ2n) is 3.53. The Labute approximate surface area is 125 Å². The van der Waals surface area contributed by atoms with Crippen LogP contribution in [0, 0.1) is 0 Å². The molecule has 5 heteroatoms. The highest BCUT2D eigenvalue weighted by Gasteiger charge is 2.10. The van der Waals surface area contributed by atoms with Gasteiger partial charge in [0.25, 0.3) is 0 Å². The summed E-state index contributed by atoms with van der Waals surface area (Å²) >= 11 is 23.8. The van der Waals surface area contributed by atoms with E-state index in [0.29, 0.717) is 26.6 Å². The van der Waals surface area contributed by atoms with Crippen LogP contribution in [0.25, 0.3) is 0 Å². The van der Waals surface area contributed by atoms with Gasteiger partial charge in [-0.2, -0.15) is 0 Å². The van der Waals surface area contributed by atoms with Crippen LogP contribution in [-0.4, -0.2) is 0 Å². The smallest absolute Gasteiger partial charge is 0.146 e. The average Bonchev–Trinajstić information content (AvgIpc) is 2.33. The van der Waals surface area contributed by atoms with Crippen molar-refractivity contribution in [1.82, 2.24) is 0 Å². The number of hydrogen-bond acceptors (Lipinski definition) is 1. The van der Waals surface area contributed by atoms with Crippen LogP contribution in [-0.2, 0) is 5.88 Å². The van der Waals surface area contributed by atoms with Gasteiger partial charge in [0.2, 0.25) is 0 Å². The van der Waals surface area contributed by atoms with Gasteiger partial charge in [0.05, 0.1) is 10.9 Å². The minimum atomic E-state index is 0.264. The first kappa shape index (κ1) is 13.8. The van der Waals surface area contributed by atoms with Gasteiger partial charge in [-0.05, 0) is 30.3 Å². The number of benzene rings is 2. The zero-order chi connectivity index (χ0) is 13.1. The summed E-state index contributed by atoms with van der Waals surface area (Å²) in [4.78, 5) is 0. The molecule has 94 valence electrons. The van der Waals surface area contributed by atoms with Gasteiger partial charge in [0.15, 0.2) is 0 Å². The maximum Gasteiger partial charge on any atom is 0.146 e. The van der Waals surface area contributed by atoms with Gasteiger partial charge in [-0.1, -0.05) is 40.9 Å². The van der Waals surface area contributed by atoms with E-state index >= 15 is 0 Å². The van der Waals surface area contributed by atoms with Crippen molar-refractivity contribution in [3.63, 3.8) is 0 Å². The quantitative estimate of drug-likeness (QED) is 0.613. The summed E-state index contributed by atoms with van der Waals surface area (Å²) in [6, 6.07) is 10.3. The van der Waals surface area contributed by atoms with Crippen LogP contribution in [0.5, 0.6) is 11.5 Å². The normalized spacial score (nSPS) is 10.4. The largest absolute Gasteiger partial charge is 0.455 e. The Hall–Kier alpha value is -0.600. The van der Waals surface area contributed by atoms with Crippen molar-refractivity contribution >= 4 is 46.4 Å². The van der Waals surface area contributed by atoms with E-state index < -0.39 is 0 Å². The lowest BCUT2D eigenvalue weighted by Crippen LogP contribution is -1.91. The first-order valence-corrected chi connectivity index (χ1v) is 6.75. The third-order valence-electron chi connectivity index (χ3n) is 2.32. The minimum Gasteiger partial charge on any atom is -0.455 e. The van der Waals surface area contributed by atoms with Gasteiger partial charge >= 0.3 is 0 Å². The van der Waals surface area contributed by atoms with Crippen LogP contribution < -0.4 is 4.74 Å². The molecule has 0 aromatic heterocycles. The lowest BCUT2D eigenvalue weighted by atomic mass is 10.2. The molecule has 0 N–H and O–H groups in total. The molecule has 0 aliphatic rings. The van der Waals surface area contributed by atoms with Crippen molar-refractivity contribution in [1.29, 1.82) is 0 Å². The number of hydrogen-bond donors (Lipinski definition) is 0. The molecule has 18 heavy (non-hydrogen) atoms. The Bertz CT molecular complexity index is 569. The molecule has 0 saturated carbocycles. The number of alkyl halides is 1. The molecule has 0 atom stereocenters. The fraction of sp³-hybridized carbons (Fsp3) is 0.0769. The lowest BCUT2D eigenvalue weighted by molar-refractivity contribution is 0.478. The van der Waals surface area contributed by atoms with Crippen molar-refractivity contribution in [3.8, 4) is 11.5 Å². The fourth-order valence-corrected chi connectivity index (χ4v) is 2.46. The zero-order valence-electron chi connectivity index (χ0n) is 9.09. The van der Waals surface area contributed by atoms with Crippen LogP contribution in [0.1, 0.15) is 5.56 Å². The van der Waals surface area contributed by atoms with E-state index in [4.69, 9.17) is 51.1 Å². The first-order valence-electron chi connectivity index (χ1n) is 5.08. The van der Waals surface area contributed by atoms with Crippen molar-refractivity contribution in [3.05, 3.63) is 57.0 Å². The van der Waals surface area contributed by atoms with Gasteiger partial charge in [-0.25, -0.2) is 0 Å². The molecule has 0 bridgehead atoms. The van der Waals surface area contributed by atoms with Crippen LogP contribution >= 0.6 is 46.4 Å². The van der Waals surface area contributed by atoms with E-state index in [1.807, 2.05) is 0 Å². The zero-order valence-corrected chi connectivity index (χ0v) is 12.1. The molecule has 0 saturated heterocycles. The van der Waals surface area contributed by atoms with E-state index in [-0.39, 0.29) is 5.88 Å². The highest BCUT2D eigenvalue weighted by atomic mass is 35.5. The molecule has 2 aromatic carbocycles. The van der Waals surface area contributed by atoms with Crippen molar-refractivity contribution in [2.75, 3.05) is 0 Å². The number of rotatable bonds is 3. The molecule has 0 fully saturated rings. The molecular weight excluding hydrogens is 314 g/mol. The Morgan fingerprint density at radius 2 is 1.67 bits per heavy atom. The molecule has 2 aromatic rings. The number of ether oxygens (including phenoxy) is 1. The molecule has 0 spiro atoms. The van der Waals surface area contributed by atoms with Gasteiger partial charge in [0, 0.05) is 15.6 Å². The topological polar surface area (TPSA) is 9.23 Å². The monoisotopic (exact) mass is 320 g/mol. The van der Waals surface area contributed by atoms with Crippen LogP contribution in [0.4, 0.5) is 0 Å². The predicted octanol–water partition coefficient (Wildman–Crippen LogP) is 6.18. The van der Waals surface area contributed by atoms with Gasteiger partial charge in [-0.15, -0.1) is 11.6 Å². The third-order valence-corrected chi connectivity index (χ3v) is 3.48. The molecule has 0 radical (unpaired) electrons. The van der Waals surface area contributed by atoms with E-state index in [1.54, 1.807) is 36.4 Å². The van der Waals surface area contributed by atoms with E-state index in [9.17, 15) is 0 Å². The maximum absolute atomic E-state index is 6.04. The number of halogens is 4. The summed E-state index contributed by atoms with van der Waals surface area (Å²) in [5.74, 6) is 1.36. The van der Waals surface area contributed by atoms with Crippen molar-refractivity contribution < 1.29 is 4.74 Å². The summed E-state index contributed by atoms with van der Waals surface area (Å²) in [6.45, 7) is 0. The third kappa shape index (κ3) is 3.04. The molecule has 0 amide bonds. The van der Waals surface area contributed by atoms with Crippen LogP contribution in [0.2, 0.25) is 15.1 Å². The highest BCUT2D eigenvalue weighted by molar-refractivity contribution is 6.35. The molecule has 0 heterocycles. The summed E-state index contributed by atoms with van der Waals surface area (Å²) in [7, 11) is 0. The Balaban J connectivity index is 2.37. The fourth-order valence-electron chi connectivity index (χ4n) is 1.44. The summed E-state index contributed by atoms with van der Waals surface area (Å²) in [6.07, 6.45) is 0. The molecule has 2 rings (SSSR count). The Morgan fingerprint density at radius 3 is 2.33 bits per heavy atom. The average molecular weight is 322 g/mol. The highest BCUT2D eigenvalue weighted by Crippen LogP contribution is 2.35.